The molecule has 1 aromatic carbocycles. The van der Waals surface area contributed by atoms with Crippen molar-refractivity contribution in [3.05, 3.63) is 41.6 Å². The molecule has 1 aliphatic carbocycles. The summed E-state index contributed by atoms with van der Waals surface area (Å²) in [5.74, 6) is 1.60. The molecule has 2 fully saturated rings. The van der Waals surface area contributed by atoms with E-state index in [1.165, 1.54) is 19.3 Å². The van der Waals surface area contributed by atoms with Crippen LogP contribution in [-0.4, -0.2) is 35.1 Å². The minimum absolute atomic E-state index is 0.554. The molecule has 1 saturated heterocycles. The van der Waals surface area contributed by atoms with Gasteiger partial charge in [0, 0.05) is 42.6 Å². The summed E-state index contributed by atoms with van der Waals surface area (Å²) in [5, 5.41) is 16.2. The van der Waals surface area contributed by atoms with Crippen LogP contribution < -0.4 is 15.5 Å². The molecule has 2 aliphatic rings. The minimum Gasteiger partial charge on any atom is -0.355 e. The number of rotatable bonds is 7. The quantitative estimate of drug-likeness (QED) is 0.766. The fourth-order valence-electron chi connectivity index (χ4n) is 3.89. The lowest BCUT2D eigenvalue weighted by molar-refractivity contribution is 0.311. The van der Waals surface area contributed by atoms with Gasteiger partial charge in [0.1, 0.15) is 5.82 Å². The molecule has 0 unspecified atom stereocenters. The van der Waals surface area contributed by atoms with Crippen LogP contribution in [0.25, 0.3) is 0 Å². The average molecular weight is 377 g/mol. The van der Waals surface area contributed by atoms with Crippen LogP contribution in [0.3, 0.4) is 0 Å². The molecule has 1 saturated carbocycles. The Balaban J connectivity index is 1.51. The number of nitriles is 1. The Bertz CT molecular complexity index is 854. The van der Waals surface area contributed by atoms with Crippen LogP contribution in [0.15, 0.2) is 30.3 Å². The highest BCUT2D eigenvalue weighted by molar-refractivity contribution is 5.58. The number of hydrogen-bond donors (Lipinski definition) is 2. The second kappa shape index (κ2) is 8.57. The van der Waals surface area contributed by atoms with E-state index in [-0.39, 0.29) is 0 Å². The first-order valence-electron chi connectivity index (χ1n) is 10.4. The minimum atomic E-state index is 0.554. The third kappa shape index (κ3) is 4.42. The van der Waals surface area contributed by atoms with Crippen LogP contribution in [0.1, 0.15) is 50.3 Å². The molecule has 146 valence electrons. The highest BCUT2D eigenvalue weighted by Gasteiger charge is 2.28. The van der Waals surface area contributed by atoms with Crippen molar-refractivity contribution in [2.24, 2.45) is 0 Å². The zero-order valence-electron chi connectivity index (χ0n) is 16.5. The van der Waals surface area contributed by atoms with E-state index < -0.39 is 0 Å². The maximum absolute atomic E-state index is 9.12. The molecule has 1 aromatic heterocycles. The smallest absolute Gasteiger partial charge is 0.229 e. The Morgan fingerprint density at radius 2 is 2.07 bits per heavy atom. The summed E-state index contributed by atoms with van der Waals surface area (Å²) in [6.07, 6.45) is 7.14. The highest BCUT2D eigenvalue weighted by Crippen LogP contribution is 2.25. The van der Waals surface area contributed by atoms with E-state index in [1.54, 1.807) is 6.07 Å². The third-order valence-corrected chi connectivity index (χ3v) is 5.61. The summed E-state index contributed by atoms with van der Waals surface area (Å²) in [5.41, 5.74) is 2.52. The van der Waals surface area contributed by atoms with Crippen molar-refractivity contribution in [2.45, 2.75) is 57.5 Å². The summed E-state index contributed by atoms with van der Waals surface area (Å²) in [6.45, 7) is 4.19. The van der Waals surface area contributed by atoms with Crippen LogP contribution in [0, 0.1) is 11.3 Å². The summed E-state index contributed by atoms with van der Waals surface area (Å²) in [4.78, 5) is 11.8. The van der Waals surface area contributed by atoms with Crippen molar-refractivity contribution in [3.63, 3.8) is 0 Å². The topological polar surface area (TPSA) is 76.9 Å². The van der Waals surface area contributed by atoms with Crippen molar-refractivity contribution in [1.29, 1.82) is 5.26 Å². The van der Waals surface area contributed by atoms with Gasteiger partial charge in [0.25, 0.3) is 0 Å². The lowest BCUT2D eigenvalue weighted by Crippen LogP contribution is -2.43. The summed E-state index contributed by atoms with van der Waals surface area (Å²) < 4.78 is 0. The summed E-state index contributed by atoms with van der Waals surface area (Å²) in [7, 11) is 0. The number of nitrogens with one attached hydrogen (secondary N) is 2. The molecule has 2 aromatic rings. The van der Waals surface area contributed by atoms with Gasteiger partial charge in [-0.1, -0.05) is 25.8 Å². The number of anilines is 3. The molecular weight excluding hydrogens is 348 g/mol. The van der Waals surface area contributed by atoms with Crippen LogP contribution in [0.2, 0.25) is 0 Å². The molecule has 0 radical (unpaired) electrons. The van der Waals surface area contributed by atoms with Gasteiger partial charge in [0.2, 0.25) is 5.95 Å². The van der Waals surface area contributed by atoms with E-state index >= 15 is 0 Å². The Morgan fingerprint density at radius 1 is 1.18 bits per heavy atom. The van der Waals surface area contributed by atoms with Crippen molar-refractivity contribution in [2.75, 3.05) is 23.3 Å². The fraction of sp³-hybridized carbons (Fsp3) is 0.500. The average Bonchev–Trinajstić information content (AvgIpc) is 3.14. The van der Waals surface area contributed by atoms with E-state index in [0.29, 0.717) is 17.6 Å². The number of hydrogen-bond acceptors (Lipinski definition) is 6. The van der Waals surface area contributed by atoms with E-state index in [2.05, 4.69) is 39.6 Å². The fourth-order valence-corrected chi connectivity index (χ4v) is 3.89. The number of aryl methyl sites for hydroxylation is 1. The predicted octanol–water partition coefficient (Wildman–Crippen LogP) is 3.77. The number of aromatic nitrogens is 2. The zero-order valence-corrected chi connectivity index (χ0v) is 16.5. The molecule has 6 nitrogen and oxygen atoms in total. The van der Waals surface area contributed by atoms with Gasteiger partial charge >= 0.3 is 0 Å². The SMILES string of the molecule is CCCc1cc(N2CC[C@H](NC3CCC3)C2)nc(Nc2cccc(C#N)c2)n1. The first-order chi connectivity index (χ1) is 13.7. The normalized spacial score (nSPS) is 19.3. The van der Waals surface area contributed by atoms with E-state index in [1.807, 2.05) is 18.2 Å². The second-order valence-electron chi connectivity index (χ2n) is 7.83. The molecule has 1 aliphatic heterocycles. The number of nitrogens with zero attached hydrogens (tertiary/aromatic N) is 4. The van der Waals surface area contributed by atoms with Gasteiger partial charge in [-0.05, 0) is 43.9 Å². The van der Waals surface area contributed by atoms with Gasteiger partial charge in [-0.2, -0.15) is 10.2 Å². The molecule has 0 bridgehead atoms. The highest BCUT2D eigenvalue weighted by atomic mass is 15.3. The van der Waals surface area contributed by atoms with E-state index in [4.69, 9.17) is 10.2 Å². The van der Waals surface area contributed by atoms with Gasteiger partial charge in [-0.15, -0.1) is 0 Å². The van der Waals surface area contributed by atoms with Crippen molar-refractivity contribution in [1.82, 2.24) is 15.3 Å². The molecule has 1 atom stereocenters. The van der Waals surface area contributed by atoms with Crippen molar-refractivity contribution in [3.8, 4) is 6.07 Å². The van der Waals surface area contributed by atoms with Gasteiger partial charge in [0.05, 0.1) is 11.6 Å². The van der Waals surface area contributed by atoms with Crippen LogP contribution >= 0.6 is 0 Å². The largest absolute Gasteiger partial charge is 0.355 e. The monoisotopic (exact) mass is 376 g/mol. The lowest BCUT2D eigenvalue weighted by atomic mass is 9.92. The van der Waals surface area contributed by atoms with Crippen LogP contribution in [0.4, 0.5) is 17.5 Å². The van der Waals surface area contributed by atoms with Gasteiger partial charge in [-0.3, -0.25) is 0 Å². The van der Waals surface area contributed by atoms with Gasteiger partial charge in [-0.25, -0.2) is 4.98 Å². The molecule has 4 rings (SSSR count). The molecule has 6 heteroatoms. The van der Waals surface area contributed by atoms with Gasteiger partial charge in [0.15, 0.2) is 0 Å². The standard InChI is InChI=1S/C22H28N6/c1-2-5-18-13-21(28-11-10-20(15-28)24-17-7-4-8-17)27-22(25-18)26-19-9-3-6-16(12-19)14-23/h3,6,9,12-13,17,20,24H,2,4-5,7-8,10-11,15H2,1H3,(H,25,26,27)/t20-/m0/s1. The van der Waals surface area contributed by atoms with Crippen LogP contribution in [0.5, 0.6) is 0 Å². The lowest BCUT2D eigenvalue weighted by Gasteiger charge is -2.30. The molecule has 0 amide bonds. The molecule has 2 N–H and O–H groups in total. The predicted molar refractivity (Wildman–Crippen MR) is 112 cm³/mol. The Morgan fingerprint density at radius 3 is 2.82 bits per heavy atom. The third-order valence-electron chi connectivity index (χ3n) is 5.61. The maximum Gasteiger partial charge on any atom is 0.229 e. The molecular formula is C22H28N6. The van der Waals surface area contributed by atoms with E-state index in [9.17, 15) is 0 Å². The van der Waals surface area contributed by atoms with Crippen molar-refractivity contribution >= 4 is 17.5 Å². The Kier molecular flexibility index (Phi) is 5.73. The molecule has 0 spiro atoms. The zero-order chi connectivity index (χ0) is 19.3. The van der Waals surface area contributed by atoms with E-state index in [0.717, 1.165) is 55.6 Å². The Hall–Kier alpha value is -2.65. The second-order valence-corrected chi connectivity index (χ2v) is 7.83. The number of benzene rings is 1. The summed E-state index contributed by atoms with van der Waals surface area (Å²) in [6, 6.07) is 13.0. The molecule has 28 heavy (non-hydrogen) atoms. The maximum atomic E-state index is 9.12. The summed E-state index contributed by atoms with van der Waals surface area (Å²) >= 11 is 0. The van der Waals surface area contributed by atoms with Gasteiger partial charge < -0.3 is 15.5 Å². The molecule has 2 heterocycles. The first kappa shape index (κ1) is 18.7. The first-order valence-corrected chi connectivity index (χ1v) is 10.4. The van der Waals surface area contributed by atoms with Crippen LogP contribution in [-0.2, 0) is 6.42 Å². The van der Waals surface area contributed by atoms with Crippen molar-refractivity contribution < 1.29 is 0 Å². The Labute approximate surface area is 167 Å².